The molecule has 4 rings (SSSR count). The second-order valence-electron chi connectivity index (χ2n) is 6.79. The number of para-hydroxylation sites is 1. The lowest BCUT2D eigenvalue weighted by Gasteiger charge is -2.33. The number of hydrogen-bond acceptors (Lipinski definition) is 2. The lowest BCUT2D eigenvalue weighted by atomic mass is 10.0. The van der Waals surface area contributed by atoms with Crippen molar-refractivity contribution >= 4 is 73.1 Å². The summed E-state index contributed by atoms with van der Waals surface area (Å²) in [5, 5.41) is 3.70. The maximum Gasteiger partial charge on any atom is 0.321 e. The van der Waals surface area contributed by atoms with E-state index in [4.69, 9.17) is 23.2 Å². The Morgan fingerprint density at radius 2 is 1.93 bits per heavy atom. The molecule has 1 aliphatic heterocycles. The minimum absolute atomic E-state index is 0.142. The number of rotatable bonds is 2. The lowest BCUT2D eigenvalue weighted by molar-refractivity contribution is 0.184. The highest BCUT2D eigenvalue weighted by Crippen LogP contribution is 2.30. The third kappa shape index (κ3) is 4.12. The lowest BCUT2D eigenvalue weighted by Crippen LogP contribution is -2.41. The highest BCUT2D eigenvalue weighted by Gasteiger charge is 2.26. The van der Waals surface area contributed by atoms with Crippen LogP contribution in [0.2, 0.25) is 10.0 Å². The normalized spacial score (nSPS) is 14.9. The molecular formula is C19H17BrCl2N4O2S. The van der Waals surface area contributed by atoms with Crippen molar-refractivity contribution in [2.75, 3.05) is 18.4 Å². The van der Waals surface area contributed by atoms with Gasteiger partial charge in [0.05, 0.1) is 21.1 Å². The van der Waals surface area contributed by atoms with Gasteiger partial charge in [0.25, 0.3) is 0 Å². The number of nitrogens with zero attached hydrogens (tertiary/aromatic N) is 2. The van der Waals surface area contributed by atoms with Crippen molar-refractivity contribution in [2.24, 2.45) is 0 Å². The molecule has 2 heterocycles. The number of benzene rings is 2. The van der Waals surface area contributed by atoms with Crippen LogP contribution in [0.4, 0.5) is 10.5 Å². The summed E-state index contributed by atoms with van der Waals surface area (Å²) in [5.41, 5.74) is 2.49. The molecule has 1 aromatic heterocycles. The molecular weight excluding hydrogens is 499 g/mol. The Morgan fingerprint density at radius 1 is 1.17 bits per heavy atom. The van der Waals surface area contributed by atoms with Gasteiger partial charge in [0, 0.05) is 29.3 Å². The number of imidazole rings is 1. The van der Waals surface area contributed by atoms with Crippen LogP contribution in [0, 0.1) is 4.77 Å². The molecule has 2 aromatic carbocycles. The molecule has 1 saturated heterocycles. The summed E-state index contributed by atoms with van der Waals surface area (Å²) in [6.45, 7) is 1.18. The molecule has 6 nitrogen and oxygen atoms in total. The van der Waals surface area contributed by atoms with Crippen LogP contribution in [0.3, 0.4) is 0 Å². The van der Waals surface area contributed by atoms with Crippen molar-refractivity contribution in [3.63, 3.8) is 0 Å². The van der Waals surface area contributed by atoms with Gasteiger partial charge in [-0.1, -0.05) is 29.3 Å². The third-order valence-corrected chi connectivity index (χ3v) is 6.93. The topological polar surface area (TPSA) is 70.1 Å². The number of carbonyl (C=O) groups is 1. The zero-order valence-electron chi connectivity index (χ0n) is 15.1. The quantitative estimate of drug-likeness (QED) is 0.433. The number of halogens is 3. The number of likely N-dealkylation sites (tertiary alicyclic amines) is 1. The van der Waals surface area contributed by atoms with Gasteiger partial charge in [-0.05, 0) is 59.1 Å². The molecule has 0 atom stereocenters. The van der Waals surface area contributed by atoms with Crippen molar-refractivity contribution in [2.45, 2.75) is 18.9 Å². The number of carbonyl (C=O) groups excluding carboxylic acids is 1. The maximum atomic E-state index is 12.6. The van der Waals surface area contributed by atoms with E-state index in [1.165, 1.54) is 0 Å². The van der Waals surface area contributed by atoms with Crippen LogP contribution in [0.15, 0.2) is 40.9 Å². The van der Waals surface area contributed by atoms with Gasteiger partial charge in [-0.15, -0.1) is 0 Å². The van der Waals surface area contributed by atoms with Crippen LogP contribution in [0.5, 0.6) is 0 Å². The number of aromatic nitrogens is 2. The SMILES string of the molecule is O=S=c1[nH]c2c(Br)cccc2n1C1CCN(C(=O)Nc2ccc(Cl)c(Cl)c2)CC1. The Hall–Kier alpha value is -1.74. The van der Waals surface area contributed by atoms with Crippen LogP contribution in [-0.4, -0.2) is 37.8 Å². The number of aromatic amines is 1. The standard InChI is InChI=1S/C19H17BrCl2N4O2S/c20-13-2-1-3-16-17(13)24-19(29-28)26(16)12-6-8-25(9-7-12)18(27)23-11-4-5-14(21)15(22)10-11/h1-5,10,12,24H,6-9H2,(H,23,27). The largest absolute Gasteiger partial charge is 0.328 e. The summed E-state index contributed by atoms with van der Waals surface area (Å²) in [5.74, 6) is 0. The number of H-pyrrole nitrogens is 1. The average molecular weight is 516 g/mol. The first kappa shape index (κ1) is 20.5. The van der Waals surface area contributed by atoms with Gasteiger partial charge in [0.2, 0.25) is 4.77 Å². The molecule has 29 heavy (non-hydrogen) atoms. The zero-order valence-corrected chi connectivity index (χ0v) is 19.0. The molecule has 1 fully saturated rings. The second kappa shape index (κ2) is 8.55. The summed E-state index contributed by atoms with van der Waals surface area (Å²) >= 11 is 15.9. The van der Waals surface area contributed by atoms with E-state index in [1.807, 2.05) is 18.2 Å². The van der Waals surface area contributed by atoms with E-state index in [0.29, 0.717) is 44.8 Å². The fraction of sp³-hybridized carbons (Fsp3) is 0.263. The number of urea groups is 1. The molecule has 3 aromatic rings. The minimum Gasteiger partial charge on any atom is -0.328 e. The van der Waals surface area contributed by atoms with Gasteiger partial charge < -0.3 is 19.8 Å². The molecule has 0 saturated carbocycles. The van der Waals surface area contributed by atoms with Gasteiger partial charge in [0.1, 0.15) is 11.3 Å². The molecule has 0 aliphatic carbocycles. The Labute approximate surface area is 189 Å². The first-order valence-electron chi connectivity index (χ1n) is 9.00. The predicted octanol–water partition coefficient (Wildman–Crippen LogP) is 5.65. The molecule has 0 radical (unpaired) electrons. The number of anilines is 1. The van der Waals surface area contributed by atoms with E-state index in [1.54, 1.807) is 23.1 Å². The highest BCUT2D eigenvalue weighted by molar-refractivity contribution is 9.10. The maximum absolute atomic E-state index is 12.6. The molecule has 0 unspecified atom stereocenters. The minimum atomic E-state index is -0.174. The van der Waals surface area contributed by atoms with Gasteiger partial charge in [-0.25, -0.2) is 9.00 Å². The van der Waals surface area contributed by atoms with E-state index in [9.17, 15) is 9.00 Å². The van der Waals surface area contributed by atoms with Crippen molar-refractivity contribution < 1.29 is 9.00 Å². The smallest absolute Gasteiger partial charge is 0.321 e. The Kier molecular flexibility index (Phi) is 6.06. The first-order valence-corrected chi connectivity index (χ1v) is 11.3. The number of nitrogens with one attached hydrogen (secondary N) is 2. The van der Waals surface area contributed by atoms with Crippen molar-refractivity contribution in [3.8, 4) is 0 Å². The van der Waals surface area contributed by atoms with E-state index in [2.05, 4.69) is 30.8 Å². The highest BCUT2D eigenvalue weighted by atomic mass is 79.9. The van der Waals surface area contributed by atoms with Gasteiger partial charge in [-0.3, -0.25) is 0 Å². The summed E-state index contributed by atoms with van der Waals surface area (Å²) in [7, 11) is 0. The molecule has 0 spiro atoms. The van der Waals surface area contributed by atoms with Crippen molar-refractivity contribution in [3.05, 3.63) is 55.7 Å². The van der Waals surface area contributed by atoms with E-state index < -0.39 is 0 Å². The Balaban J connectivity index is 1.49. The summed E-state index contributed by atoms with van der Waals surface area (Å²) in [6.07, 6.45) is 1.51. The monoisotopic (exact) mass is 514 g/mol. The third-order valence-electron chi connectivity index (χ3n) is 5.07. The van der Waals surface area contributed by atoms with E-state index >= 15 is 0 Å². The van der Waals surface area contributed by atoms with Crippen molar-refractivity contribution in [1.29, 1.82) is 0 Å². The van der Waals surface area contributed by atoms with Crippen LogP contribution in [0.1, 0.15) is 18.9 Å². The van der Waals surface area contributed by atoms with E-state index in [0.717, 1.165) is 28.3 Å². The number of amides is 2. The summed E-state index contributed by atoms with van der Waals surface area (Å²) in [4.78, 5) is 17.6. The fourth-order valence-electron chi connectivity index (χ4n) is 3.64. The number of hydrogen-bond donors (Lipinski definition) is 2. The number of fused-ring (bicyclic) bond motifs is 1. The predicted molar refractivity (Wildman–Crippen MR) is 121 cm³/mol. The van der Waals surface area contributed by atoms with Crippen LogP contribution < -0.4 is 5.32 Å². The van der Waals surface area contributed by atoms with Crippen LogP contribution in [0.25, 0.3) is 11.0 Å². The summed E-state index contributed by atoms with van der Waals surface area (Å²) < 4.78 is 15.2. The van der Waals surface area contributed by atoms with Gasteiger partial charge in [-0.2, -0.15) is 0 Å². The molecule has 1 aliphatic rings. The first-order chi connectivity index (χ1) is 14.0. The Morgan fingerprint density at radius 3 is 2.62 bits per heavy atom. The molecule has 152 valence electrons. The molecule has 2 amide bonds. The molecule has 0 bridgehead atoms. The Bertz CT molecular complexity index is 1180. The van der Waals surface area contributed by atoms with Crippen LogP contribution in [-0.2, 0) is 11.3 Å². The second-order valence-corrected chi connectivity index (χ2v) is 9.02. The summed E-state index contributed by atoms with van der Waals surface area (Å²) in [6, 6.07) is 10.9. The molecule has 10 heteroatoms. The molecule has 2 N–H and O–H groups in total. The van der Waals surface area contributed by atoms with Gasteiger partial charge in [0.15, 0.2) is 0 Å². The van der Waals surface area contributed by atoms with Crippen LogP contribution >= 0.6 is 39.1 Å². The van der Waals surface area contributed by atoms with Crippen molar-refractivity contribution in [1.82, 2.24) is 14.5 Å². The zero-order chi connectivity index (χ0) is 20.5. The van der Waals surface area contributed by atoms with E-state index in [-0.39, 0.29) is 12.1 Å². The fourth-order valence-corrected chi connectivity index (χ4v) is 4.87. The average Bonchev–Trinajstić information content (AvgIpc) is 3.11. The number of piperidine rings is 1. The van der Waals surface area contributed by atoms with Gasteiger partial charge >= 0.3 is 6.03 Å².